The number of hydrogen-bond acceptors (Lipinski definition) is 4. The van der Waals surface area contributed by atoms with E-state index in [-0.39, 0.29) is 24.0 Å². The summed E-state index contributed by atoms with van der Waals surface area (Å²) in [7, 11) is 1.58. The Balaban J connectivity index is 1.40. The summed E-state index contributed by atoms with van der Waals surface area (Å²) in [6.07, 6.45) is -0.280. The van der Waals surface area contributed by atoms with Gasteiger partial charge in [0.1, 0.15) is 12.6 Å². The van der Waals surface area contributed by atoms with Crippen LogP contribution >= 0.6 is 0 Å². The number of nitrogens with one attached hydrogen (secondary N) is 1. The summed E-state index contributed by atoms with van der Waals surface area (Å²) in [5.41, 5.74) is 5.18. The topological polar surface area (TPSA) is 95.9 Å². The fourth-order valence-electron chi connectivity index (χ4n) is 4.31. The molecule has 0 bridgehead atoms. The van der Waals surface area contributed by atoms with Gasteiger partial charge in [0.25, 0.3) is 0 Å². The molecule has 1 aliphatic rings. The minimum Gasteiger partial charge on any atom is -0.478 e. The van der Waals surface area contributed by atoms with Gasteiger partial charge < -0.3 is 20.1 Å². The third kappa shape index (κ3) is 4.50. The Morgan fingerprint density at radius 1 is 0.941 bits per heavy atom. The van der Waals surface area contributed by atoms with E-state index in [1.165, 1.54) is 17.0 Å². The molecule has 1 atom stereocenters. The Kier molecular flexibility index (Phi) is 6.63. The average molecular weight is 459 g/mol. The van der Waals surface area contributed by atoms with Crippen molar-refractivity contribution in [2.24, 2.45) is 0 Å². The number of anilines is 1. The summed E-state index contributed by atoms with van der Waals surface area (Å²) in [6, 6.07) is 21.4. The van der Waals surface area contributed by atoms with E-state index in [1.54, 1.807) is 26.1 Å². The highest BCUT2D eigenvalue weighted by atomic mass is 16.5. The van der Waals surface area contributed by atoms with E-state index in [4.69, 9.17) is 9.84 Å². The lowest BCUT2D eigenvalue weighted by Gasteiger charge is -2.24. The third-order valence-corrected chi connectivity index (χ3v) is 6.17. The van der Waals surface area contributed by atoms with Crippen molar-refractivity contribution in [1.29, 1.82) is 0 Å². The van der Waals surface area contributed by atoms with Gasteiger partial charge in [-0.25, -0.2) is 9.59 Å². The molecule has 7 heteroatoms. The van der Waals surface area contributed by atoms with Crippen molar-refractivity contribution in [2.75, 3.05) is 18.6 Å². The van der Waals surface area contributed by atoms with Crippen molar-refractivity contribution in [3.63, 3.8) is 0 Å². The zero-order chi connectivity index (χ0) is 24.2. The largest absolute Gasteiger partial charge is 0.478 e. The SMILES string of the molecule is CCC(NC(=O)OCC1c2ccccc2-c2ccccc21)C(=O)N(C)c1ccc(C(=O)O)cc1. The van der Waals surface area contributed by atoms with Crippen molar-refractivity contribution >= 4 is 23.7 Å². The quantitative estimate of drug-likeness (QED) is 0.537. The van der Waals surface area contributed by atoms with Crippen LogP contribution in [0.4, 0.5) is 10.5 Å². The van der Waals surface area contributed by atoms with Crippen molar-refractivity contribution in [2.45, 2.75) is 25.3 Å². The summed E-state index contributed by atoms with van der Waals surface area (Å²) in [5.74, 6) is -1.42. The number of benzene rings is 3. The number of fused-ring (bicyclic) bond motifs is 3. The maximum atomic E-state index is 13.0. The van der Waals surface area contributed by atoms with Gasteiger partial charge in [-0.3, -0.25) is 4.79 Å². The molecule has 0 aliphatic heterocycles. The van der Waals surface area contributed by atoms with Gasteiger partial charge in [-0.1, -0.05) is 55.5 Å². The van der Waals surface area contributed by atoms with E-state index in [0.29, 0.717) is 12.1 Å². The number of carboxylic acids is 1. The van der Waals surface area contributed by atoms with E-state index >= 15 is 0 Å². The van der Waals surface area contributed by atoms with Crippen LogP contribution in [0.15, 0.2) is 72.8 Å². The molecule has 3 aromatic rings. The molecule has 0 fully saturated rings. The number of amides is 2. The minimum absolute atomic E-state index is 0.0654. The number of rotatable bonds is 7. The Morgan fingerprint density at radius 3 is 2.03 bits per heavy atom. The summed E-state index contributed by atoms with van der Waals surface area (Å²) in [5, 5.41) is 11.7. The molecule has 0 radical (unpaired) electrons. The van der Waals surface area contributed by atoms with E-state index < -0.39 is 18.1 Å². The van der Waals surface area contributed by atoms with Crippen LogP contribution in [-0.2, 0) is 9.53 Å². The number of carboxylic acid groups (broad SMARTS) is 1. The van der Waals surface area contributed by atoms with E-state index in [2.05, 4.69) is 17.4 Å². The number of hydrogen-bond donors (Lipinski definition) is 2. The van der Waals surface area contributed by atoms with E-state index in [1.807, 2.05) is 36.4 Å². The van der Waals surface area contributed by atoms with Gasteiger partial charge >= 0.3 is 12.1 Å². The van der Waals surface area contributed by atoms with Gasteiger partial charge in [-0.15, -0.1) is 0 Å². The summed E-state index contributed by atoms with van der Waals surface area (Å²) in [6.45, 7) is 1.96. The number of ether oxygens (including phenoxy) is 1. The molecule has 0 aromatic heterocycles. The Hall–Kier alpha value is -4.13. The molecule has 0 saturated heterocycles. The normalized spacial score (nSPS) is 12.9. The monoisotopic (exact) mass is 458 g/mol. The van der Waals surface area contributed by atoms with Crippen LogP contribution in [0, 0.1) is 0 Å². The predicted octanol–water partition coefficient (Wildman–Crippen LogP) is 4.66. The highest BCUT2D eigenvalue weighted by Crippen LogP contribution is 2.44. The number of nitrogens with zero attached hydrogens (tertiary/aromatic N) is 1. The van der Waals surface area contributed by atoms with Gasteiger partial charge in [0, 0.05) is 18.7 Å². The highest BCUT2D eigenvalue weighted by Gasteiger charge is 2.30. The Bertz CT molecular complexity index is 1180. The van der Waals surface area contributed by atoms with Crippen LogP contribution in [0.2, 0.25) is 0 Å². The van der Waals surface area contributed by atoms with Crippen LogP contribution in [0.1, 0.15) is 40.7 Å². The van der Waals surface area contributed by atoms with Gasteiger partial charge in [0.05, 0.1) is 5.56 Å². The first-order chi connectivity index (χ1) is 16.4. The molecule has 34 heavy (non-hydrogen) atoms. The number of alkyl carbamates (subject to hydrolysis) is 1. The van der Waals surface area contributed by atoms with Gasteiger partial charge in [0.15, 0.2) is 0 Å². The second kappa shape index (κ2) is 9.79. The fourth-order valence-corrected chi connectivity index (χ4v) is 4.31. The molecule has 1 aliphatic carbocycles. The average Bonchev–Trinajstić information content (AvgIpc) is 3.19. The summed E-state index contributed by atoms with van der Waals surface area (Å²) in [4.78, 5) is 38.0. The Morgan fingerprint density at radius 2 is 1.50 bits per heavy atom. The maximum absolute atomic E-state index is 13.0. The van der Waals surface area contributed by atoms with Gasteiger partial charge in [-0.05, 0) is 52.9 Å². The second-order valence-electron chi connectivity index (χ2n) is 8.18. The van der Waals surface area contributed by atoms with Crippen LogP contribution in [0.3, 0.4) is 0 Å². The van der Waals surface area contributed by atoms with Crippen LogP contribution in [0.25, 0.3) is 11.1 Å². The molecule has 0 heterocycles. The molecule has 7 nitrogen and oxygen atoms in total. The number of carbonyl (C=O) groups excluding carboxylic acids is 2. The maximum Gasteiger partial charge on any atom is 0.407 e. The summed E-state index contributed by atoms with van der Waals surface area (Å²) < 4.78 is 5.56. The molecule has 4 rings (SSSR count). The van der Waals surface area contributed by atoms with Gasteiger partial charge in [-0.2, -0.15) is 0 Å². The zero-order valence-electron chi connectivity index (χ0n) is 19.0. The number of aromatic carboxylic acids is 1. The number of likely N-dealkylation sites (N-methyl/N-ethyl adjacent to an activating group) is 1. The molecular formula is C27H26N2O5. The van der Waals surface area contributed by atoms with Crippen LogP contribution in [-0.4, -0.2) is 42.8 Å². The van der Waals surface area contributed by atoms with Crippen molar-refractivity contribution < 1.29 is 24.2 Å². The third-order valence-electron chi connectivity index (χ3n) is 6.17. The standard InChI is InChI=1S/C27H26N2O5/c1-3-24(25(30)29(2)18-14-12-17(13-15-18)26(31)32)28-27(33)34-16-23-21-10-6-4-8-19(21)20-9-5-7-11-22(20)23/h4-15,23-24H,3,16H2,1-2H3,(H,28,33)(H,31,32). The molecule has 3 aromatic carbocycles. The fraction of sp³-hybridized carbons (Fsp3) is 0.222. The lowest BCUT2D eigenvalue weighted by Crippen LogP contribution is -2.47. The lowest BCUT2D eigenvalue weighted by molar-refractivity contribution is -0.120. The number of carbonyl (C=O) groups is 3. The van der Waals surface area contributed by atoms with Crippen LogP contribution < -0.4 is 10.2 Å². The zero-order valence-corrected chi connectivity index (χ0v) is 19.0. The van der Waals surface area contributed by atoms with E-state index in [0.717, 1.165) is 22.3 Å². The first-order valence-electron chi connectivity index (χ1n) is 11.1. The first kappa shape index (κ1) is 23.0. The van der Waals surface area contributed by atoms with Crippen LogP contribution in [0.5, 0.6) is 0 Å². The first-order valence-corrected chi connectivity index (χ1v) is 11.1. The lowest BCUT2D eigenvalue weighted by atomic mass is 9.98. The van der Waals surface area contributed by atoms with E-state index in [9.17, 15) is 14.4 Å². The smallest absolute Gasteiger partial charge is 0.407 e. The highest BCUT2D eigenvalue weighted by molar-refractivity contribution is 5.98. The minimum atomic E-state index is -1.04. The molecule has 1 unspecified atom stereocenters. The van der Waals surface area contributed by atoms with Gasteiger partial charge in [0.2, 0.25) is 5.91 Å². The van der Waals surface area contributed by atoms with Crippen molar-refractivity contribution in [3.8, 4) is 11.1 Å². The van der Waals surface area contributed by atoms with Crippen molar-refractivity contribution in [3.05, 3.63) is 89.5 Å². The second-order valence-corrected chi connectivity index (χ2v) is 8.18. The van der Waals surface area contributed by atoms with Crippen molar-refractivity contribution in [1.82, 2.24) is 5.32 Å². The summed E-state index contributed by atoms with van der Waals surface area (Å²) >= 11 is 0. The molecule has 2 amide bonds. The molecule has 0 saturated carbocycles. The molecule has 174 valence electrons. The predicted molar refractivity (Wildman–Crippen MR) is 129 cm³/mol. The Labute approximate surface area is 198 Å². The molecule has 0 spiro atoms. The molecule has 2 N–H and O–H groups in total. The molecular weight excluding hydrogens is 432 g/mol.